The molecule has 1 aromatic rings. The van der Waals surface area contributed by atoms with E-state index in [1.807, 2.05) is 26.0 Å². The third-order valence-corrected chi connectivity index (χ3v) is 4.52. The maximum absolute atomic E-state index is 9.42. The lowest BCUT2D eigenvalue weighted by Gasteiger charge is -2.15. The van der Waals surface area contributed by atoms with Crippen LogP contribution in [0.5, 0.6) is 11.5 Å². The Balaban J connectivity index is 0.00000364. The summed E-state index contributed by atoms with van der Waals surface area (Å²) in [5.41, 5.74) is 1.22. The quantitative estimate of drug-likeness (QED) is 0.252. The summed E-state index contributed by atoms with van der Waals surface area (Å²) in [6.07, 6.45) is 3.00. The first-order chi connectivity index (χ1) is 12.7. The van der Waals surface area contributed by atoms with Gasteiger partial charge in [0.25, 0.3) is 0 Å². The van der Waals surface area contributed by atoms with Gasteiger partial charge in [-0.3, -0.25) is 4.99 Å². The van der Waals surface area contributed by atoms with E-state index in [1.54, 1.807) is 0 Å². The molecule has 0 unspecified atom stereocenters. The van der Waals surface area contributed by atoms with Crippen LogP contribution in [-0.4, -0.2) is 50.5 Å². The smallest absolute Gasteiger partial charge is 0.191 e. The van der Waals surface area contributed by atoms with E-state index >= 15 is 0 Å². The lowest BCUT2D eigenvalue weighted by atomic mass is 10.1. The van der Waals surface area contributed by atoms with Gasteiger partial charge in [-0.25, -0.2) is 0 Å². The average molecular weight is 491 g/mol. The van der Waals surface area contributed by atoms with Crippen molar-refractivity contribution in [3.63, 3.8) is 0 Å². The molecule has 0 heterocycles. The van der Waals surface area contributed by atoms with Crippen LogP contribution in [-0.2, 0) is 6.42 Å². The summed E-state index contributed by atoms with van der Waals surface area (Å²) < 4.78 is 11.3. The third kappa shape index (κ3) is 7.73. The van der Waals surface area contributed by atoms with E-state index in [4.69, 9.17) is 9.47 Å². The van der Waals surface area contributed by atoms with Crippen LogP contribution in [0, 0.1) is 5.41 Å². The number of hydrogen-bond acceptors (Lipinski definition) is 4. The first-order valence-corrected chi connectivity index (χ1v) is 9.68. The second kappa shape index (κ2) is 12.3. The van der Waals surface area contributed by atoms with Crippen LogP contribution in [0.25, 0.3) is 0 Å². The van der Waals surface area contributed by atoms with Gasteiger partial charge in [0, 0.05) is 18.5 Å². The first-order valence-electron chi connectivity index (χ1n) is 9.68. The van der Waals surface area contributed by atoms with E-state index in [-0.39, 0.29) is 36.0 Å². The molecule has 27 heavy (non-hydrogen) atoms. The van der Waals surface area contributed by atoms with Crippen molar-refractivity contribution in [3.05, 3.63) is 23.8 Å². The number of benzene rings is 1. The number of guanidine groups is 1. The van der Waals surface area contributed by atoms with Crippen molar-refractivity contribution in [2.24, 2.45) is 10.4 Å². The number of nitrogens with zero attached hydrogens (tertiary/aromatic N) is 1. The minimum Gasteiger partial charge on any atom is -0.490 e. The van der Waals surface area contributed by atoms with Crippen LogP contribution in [0.4, 0.5) is 0 Å². The third-order valence-electron chi connectivity index (χ3n) is 4.52. The van der Waals surface area contributed by atoms with Crippen molar-refractivity contribution >= 4 is 29.9 Å². The minimum absolute atomic E-state index is 0. The monoisotopic (exact) mass is 491 g/mol. The fraction of sp³-hybridized carbons (Fsp3) is 0.650. The molecule has 1 saturated carbocycles. The van der Waals surface area contributed by atoms with Crippen LogP contribution in [0.1, 0.15) is 39.2 Å². The van der Waals surface area contributed by atoms with E-state index in [0.29, 0.717) is 19.8 Å². The van der Waals surface area contributed by atoms with Gasteiger partial charge in [-0.15, -0.1) is 24.0 Å². The van der Waals surface area contributed by atoms with Crippen LogP contribution in [0.15, 0.2) is 23.2 Å². The summed E-state index contributed by atoms with van der Waals surface area (Å²) in [5, 5.41) is 16.1. The standard InChI is InChI=1S/C20H33N3O3.HI/c1-4-21-19(23-14-20(15-24)10-11-20)22-12-9-16-7-8-17(25-5-2)18(13-16)26-6-3;/h7-8,13,24H,4-6,9-12,14-15H2,1-3H3,(H2,21,22,23);1H. The fourth-order valence-corrected chi connectivity index (χ4v) is 2.71. The SMILES string of the molecule is CCNC(=NCC1(CO)CC1)NCCc1ccc(OCC)c(OCC)c1.I. The maximum atomic E-state index is 9.42. The van der Waals surface area contributed by atoms with Gasteiger partial charge >= 0.3 is 0 Å². The number of aliphatic hydroxyl groups is 1. The van der Waals surface area contributed by atoms with Gasteiger partial charge in [0.1, 0.15) is 0 Å². The molecule has 0 amide bonds. The molecule has 0 spiro atoms. The minimum atomic E-state index is 0. The molecule has 1 fully saturated rings. The van der Waals surface area contributed by atoms with Gasteiger partial charge in [-0.05, 0) is 57.7 Å². The zero-order chi connectivity index (χ0) is 18.8. The molecule has 0 radical (unpaired) electrons. The largest absolute Gasteiger partial charge is 0.490 e. The van der Waals surface area contributed by atoms with Gasteiger partial charge in [-0.1, -0.05) is 6.07 Å². The Morgan fingerprint density at radius 3 is 2.41 bits per heavy atom. The molecule has 1 aliphatic carbocycles. The molecule has 3 N–H and O–H groups in total. The molecule has 0 aliphatic heterocycles. The Morgan fingerprint density at radius 2 is 1.81 bits per heavy atom. The Kier molecular flexibility index (Phi) is 10.8. The second-order valence-electron chi connectivity index (χ2n) is 6.68. The number of aliphatic imine (C=N–C) groups is 1. The zero-order valence-electron chi connectivity index (χ0n) is 16.7. The van der Waals surface area contributed by atoms with Crippen LogP contribution in [0.2, 0.25) is 0 Å². The molecular weight excluding hydrogens is 457 g/mol. The van der Waals surface area contributed by atoms with Crippen molar-refractivity contribution in [1.82, 2.24) is 10.6 Å². The number of rotatable bonds is 11. The average Bonchev–Trinajstić information content (AvgIpc) is 3.43. The van der Waals surface area contributed by atoms with Crippen molar-refractivity contribution in [2.75, 3.05) is 39.5 Å². The van der Waals surface area contributed by atoms with E-state index in [2.05, 4.69) is 28.6 Å². The predicted molar refractivity (Wildman–Crippen MR) is 121 cm³/mol. The highest BCUT2D eigenvalue weighted by molar-refractivity contribution is 14.0. The van der Waals surface area contributed by atoms with Gasteiger partial charge in [-0.2, -0.15) is 0 Å². The molecule has 154 valence electrons. The lowest BCUT2D eigenvalue weighted by molar-refractivity contribution is 0.217. The van der Waals surface area contributed by atoms with E-state index in [1.165, 1.54) is 5.56 Å². The lowest BCUT2D eigenvalue weighted by Crippen LogP contribution is -2.38. The number of nitrogens with one attached hydrogen (secondary N) is 2. The molecule has 1 aromatic carbocycles. The van der Waals surface area contributed by atoms with Crippen molar-refractivity contribution in [1.29, 1.82) is 0 Å². The summed E-state index contributed by atoms with van der Waals surface area (Å²) in [4.78, 5) is 4.62. The molecule has 0 bridgehead atoms. The summed E-state index contributed by atoms with van der Waals surface area (Å²) >= 11 is 0. The molecule has 6 nitrogen and oxygen atoms in total. The Labute approximate surface area is 180 Å². The molecular formula is C20H34IN3O3. The van der Waals surface area contributed by atoms with Crippen molar-refractivity contribution in [2.45, 2.75) is 40.0 Å². The fourth-order valence-electron chi connectivity index (χ4n) is 2.71. The summed E-state index contributed by atoms with van der Waals surface area (Å²) in [5.74, 6) is 2.40. The second-order valence-corrected chi connectivity index (χ2v) is 6.68. The summed E-state index contributed by atoms with van der Waals surface area (Å²) in [6, 6.07) is 6.09. The number of hydrogen-bond donors (Lipinski definition) is 3. The van der Waals surface area contributed by atoms with E-state index in [9.17, 15) is 5.11 Å². The van der Waals surface area contributed by atoms with Crippen LogP contribution in [0.3, 0.4) is 0 Å². The molecule has 2 rings (SSSR count). The normalized spacial score (nSPS) is 14.9. The molecule has 1 aliphatic rings. The highest BCUT2D eigenvalue weighted by Crippen LogP contribution is 2.45. The number of ether oxygens (including phenoxy) is 2. The van der Waals surface area contributed by atoms with E-state index in [0.717, 1.165) is 49.8 Å². The topological polar surface area (TPSA) is 75.1 Å². The number of halogens is 1. The van der Waals surface area contributed by atoms with Crippen LogP contribution < -0.4 is 20.1 Å². The zero-order valence-corrected chi connectivity index (χ0v) is 19.0. The Morgan fingerprint density at radius 1 is 1.11 bits per heavy atom. The highest BCUT2D eigenvalue weighted by Gasteiger charge is 2.41. The summed E-state index contributed by atoms with van der Waals surface area (Å²) in [7, 11) is 0. The Bertz CT molecular complexity index is 592. The Hall–Kier alpha value is -1.22. The highest BCUT2D eigenvalue weighted by atomic mass is 127. The molecule has 0 aromatic heterocycles. The van der Waals surface area contributed by atoms with Crippen LogP contribution >= 0.6 is 24.0 Å². The molecule has 7 heteroatoms. The predicted octanol–water partition coefficient (Wildman–Crippen LogP) is 2.97. The van der Waals surface area contributed by atoms with Gasteiger partial charge in [0.15, 0.2) is 17.5 Å². The molecule has 0 atom stereocenters. The van der Waals surface area contributed by atoms with Gasteiger partial charge in [0.05, 0.1) is 26.4 Å². The van der Waals surface area contributed by atoms with Gasteiger partial charge in [0.2, 0.25) is 0 Å². The van der Waals surface area contributed by atoms with Gasteiger partial charge < -0.3 is 25.2 Å². The first kappa shape index (κ1) is 23.8. The molecule has 0 saturated heterocycles. The van der Waals surface area contributed by atoms with Crippen molar-refractivity contribution < 1.29 is 14.6 Å². The van der Waals surface area contributed by atoms with E-state index < -0.39 is 0 Å². The maximum Gasteiger partial charge on any atom is 0.191 e. The summed E-state index contributed by atoms with van der Waals surface area (Å²) in [6.45, 7) is 9.73. The number of aliphatic hydroxyl groups excluding tert-OH is 1. The van der Waals surface area contributed by atoms with Crippen molar-refractivity contribution in [3.8, 4) is 11.5 Å².